The molecule has 0 saturated heterocycles. The predicted molar refractivity (Wildman–Crippen MR) is 116 cm³/mol. The number of aliphatic imine (C=N–C) groups is 1. The molecule has 3 N–H and O–H groups in total. The van der Waals surface area contributed by atoms with E-state index in [-0.39, 0.29) is 5.88 Å². The summed E-state index contributed by atoms with van der Waals surface area (Å²) in [5.74, 6) is 0.477. The Morgan fingerprint density at radius 1 is 1.23 bits per heavy atom. The smallest absolute Gasteiger partial charge is 0.198 e. The van der Waals surface area contributed by atoms with E-state index in [1.807, 2.05) is 26.0 Å². The van der Waals surface area contributed by atoms with Crippen LogP contribution in [0.4, 0.5) is 5.82 Å². The number of aliphatic hydroxyl groups is 1. The van der Waals surface area contributed by atoms with Gasteiger partial charge < -0.3 is 15.2 Å². The normalized spacial score (nSPS) is 12.7. The van der Waals surface area contributed by atoms with Gasteiger partial charge in [-0.3, -0.25) is 14.6 Å². The van der Waals surface area contributed by atoms with Crippen LogP contribution in [0.15, 0.2) is 41.8 Å². The van der Waals surface area contributed by atoms with Gasteiger partial charge in [-0.1, -0.05) is 0 Å². The number of aromatic nitrogens is 5. The number of aromatic amines is 1. The van der Waals surface area contributed by atoms with E-state index in [4.69, 9.17) is 0 Å². The van der Waals surface area contributed by atoms with Crippen LogP contribution in [0.2, 0.25) is 0 Å². The van der Waals surface area contributed by atoms with Gasteiger partial charge >= 0.3 is 0 Å². The predicted octanol–water partition coefficient (Wildman–Crippen LogP) is 3.74. The summed E-state index contributed by atoms with van der Waals surface area (Å²) in [7, 11) is 1.76. The molecule has 0 fully saturated rings. The first-order chi connectivity index (χ1) is 14.1. The summed E-state index contributed by atoms with van der Waals surface area (Å²) in [5.41, 5.74) is 4.27. The molecule has 4 aromatic rings. The zero-order valence-corrected chi connectivity index (χ0v) is 17.6. The Morgan fingerprint density at radius 2 is 2.00 bits per heavy atom. The standard InChI is InChI=1S/C22H24N6O2/c1-12-6-7-23-10-15(12)16-8-14-17(11-24-16)26-21(29)20(14)13(2)25-19-9-18(22(3,4)30)28(5)27-19/h6-11,26,29-30H,1-5H3. The van der Waals surface area contributed by atoms with E-state index in [1.165, 1.54) is 0 Å². The minimum atomic E-state index is -1.03. The monoisotopic (exact) mass is 404 g/mol. The lowest BCUT2D eigenvalue weighted by atomic mass is 10.0. The molecule has 4 aromatic heterocycles. The van der Waals surface area contributed by atoms with Gasteiger partial charge in [-0.05, 0) is 45.4 Å². The SMILES string of the molecule is CC(=Nc1cc(C(C)(C)O)n(C)n1)c1c(O)[nH]c2cnc(-c3cnccc3C)cc12. The van der Waals surface area contributed by atoms with Crippen LogP contribution >= 0.6 is 0 Å². The molecular formula is C22H24N6O2. The number of rotatable bonds is 4. The molecule has 0 aliphatic heterocycles. The van der Waals surface area contributed by atoms with Crippen molar-refractivity contribution in [3.8, 4) is 17.1 Å². The Kier molecular flexibility index (Phi) is 4.66. The molecule has 0 atom stereocenters. The quantitative estimate of drug-likeness (QED) is 0.449. The van der Waals surface area contributed by atoms with Crippen molar-refractivity contribution < 1.29 is 10.2 Å². The van der Waals surface area contributed by atoms with Crippen molar-refractivity contribution >= 4 is 22.4 Å². The molecule has 0 amide bonds. The lowest BCUT2D eigenvalue weighted by Gasteiger charge is -2.16. The molecule has 8 nitrogen and oxygen atoms in total. The summed E-state index contributed by atoms with van der Waals surface area (Å²) >= 11 is 0. The number of H-pyrrole nitrogens is 1. The third-order valence-corrected chi connectivity index (χ3v) is 5.12. The first-order valence-corrected chi connectivity index (χ1v) is 9.59. The van der Waals surface area contributed by atoms with E-state index >= 15 is 0 Å². The Bertz CT molecular complexity index is 1280. The molecule has 0 aliphatic rings. The number of aryl methyl sites for hydroxylation is 2. The fourth-order valence-corrected chi connectivity index (χ4v) is 3.63. The number of fused-ring (bicyclic) bond motifs is 1. The van der Waals surface area contributed by atoms with Crippen LogP contribution in [0.5, 0.6) is 5.88 Å². The maximum absolute atomic E-state index is 10.5. The Labute approximate surface area is 174 Å². The highest BCUT2D eigenvalue weighted by Crippen LogP contribution is 2.32. The van der Waals surface area contributed by atoms with Crippen molar-refractivity contribution in [1.82, 2.24) is 24.7 Å². The average molecular weight is 404 g/mol. The summed E-state index contributed by atoms with van der Waals surface area (Å²) < 4.78 is 1.61. The van der Waals surface area contributed by atoms with E-state index in [0.29, 0.717) is 28.3 Å². The minimum absolute atomic E-state index is 0.0201. The maximum Gasteiger partial charge on any atom is 0.198 e. The summed E-state index contributed by atoms with van der Waals surface area (Å²) in [6.45, 7) is 7.22. The van der Waals surface area contributed by atoms with Gasteiger partial charge in [0.1, 0.15) is 5.60 Å². The molecule has 0 aliphatic carbocycles. The Hall–Kier alpha value is -3.52. The summed E-state index contributed by atoms with van der Waals surface area (Å²) in [6.07, 6.45) is 5.22. The summed E-state index contributed by atoms with van der Waals surface area (Å²) in [6, 6.07) is 5.59. The number of nitrogens with zero attached hydrogens (tertiary/aromatic N) is 5. The highest BCUT2D eigenvalue weighted by molar-refractivity contribution is 6.13. The van der Waals surface area contributed by atoms with Crippen molar-refractivity contribution in [2.24, 2.45) is 12.0 Å². The fraction of sp³-hybridized carbons (Fsp3) is 0.273. The first kappa shape index (κ1) is 19.8. The van der Waals surface area contributed by atoms with Crippen LogP contribution in [-0.4, -0.2) is 40.7 Å². The number of nitrogens with one attached hydrogen (secondary N) is 1. The largest absolute Gasteiger partial charge is 0.494 e. The van der Waals surface area contributed by atoms with Crippen LogP contribution in [-0.2, 0) is 12.6 Å². The third-order valence-electron chi connectivity index (χ3n) is 5.12. The number of hydrogen-bond acceptors (Lipinski definition) is 6. The number of hydrogen-bond donors (Lipinski definition) is 3. The second kappa shape index (κ2) is 7.07. The first-order valence-electron chi connectivity index (χ1n) is 9.59. The number of aromatic hydroxyl groups is 1. The van der Waals surface area contributed by atoms with Gasteiger partial charge in [0.15, 0.2) is 11.7 Å². The molecule has 0 spiro atoms. The fourth-order valence-electron chi connectivity index (χ4n) is 3.63. The second-order valence-corrected chi connectivity index (χ2v) is 7.92. The number of pyridine rings is 2. The molecule has 8 heteroatoms. The molecule has 4 heterocycles. The molecule has 0 unspecified atom stereocenters. The van der Waals surface area contributed by atoms with Crippen LogP contribution < -0.4 is 0 Å². The average Bonchev–Trinajstić information content (AvgIpc) is 3.20. The molecule has 0 saturated carbocycles. The molecular weight excluding hydrogens is 380 g/mol. The lowest BCUT2D eigenvalue weighted by Crippen LogP contribution is -2.19. The topological polar surface area (TPSA) is 112 Å². The molecule has 0 bridgehead atoms. The van der Waals surface area contributed by atoms with Gasteiger partial charge in [0.25, 0.3) is 0 Å². The summed E-state index contributed by atoms with van der Waals surface area (Å²) in [4.78, 5) is 16.3. The highest BCUT2D eigenvalue weighted by atomic mass is 16.3. The van der Waals surface area contributed by atoms with Gasteiger partial charge in [-0.2, -0.15) is 5.10 Å². The van der Waals surface area contributed by atoms with E-state index in [9.17, 15) is 10.2 Å². The minimum Gasteiger partial charge on any atom is -0.494 e. The van der Waals surface area contributed by atoms with Crippen molar-refractivity contribution in [3.63, 3.8) is 0 Å². The molecule has 30 heavy (non-hydrogen) atoms. The van der Waals surface area contributed by atoms with Crippen LogP contribution in [0.25, 0.3) is 22.2 Å². The maximum atomic E-state index is 10.5. The van der Waals surface area contributed by atoms with Crippen LogP contribution in [0, 0.1) is 6.92 Å². The molecule has 0 radical (unpaired) electrons. The molecule has 4 rings (SSSR count). The van der Waals surface area contributed by atoms with Crippen molar-refractivity contribution in [2.75, 3.05) is 0 Å². The molecule has 0 aromatic carbocycles. The lowest BCUT2D eigenvalue weighted by molar-refractivity contribution is 0.0696. The Balaban J connectivity index is 1.82. The van der Waals surface area contributed by atoms with Crippen molar-refractivity contribution in [3.05, 3.63) is 53.6 Å². The van der Waals surface area contributed by atoms with Crippen molar-refractivity contribution in [1.29, 1.82) is 0 Å². The van der Waals surface area contributed by atoms with Crippen LogP contribution in [0.1, 0.15) is 37.6 Å². The highest BCUT2D eigenvalue weighted by Gasteiger charge is 2.22. The zero-order valence-electron chi connectivity index (χ0n) is 17.6. The van der Waals surface area contributed by atoms with E-state index in [1.54, 1.807) is 50.2 Å². The third kappa shape index (κ3) is 3.46. The van der Waals surface area contributed by atoms with Gasteiger partial charge in [0.2, 0.25) is 0 Å². The Morgan fingerprint density at radius 3 is 2.67 bits per heavy atom. The van der Waals surface area contributed by atoms with Gasteiger partial charge in [-0.25, -0.2) is 4.99 Å². The van der Waals surface area contributed by atoms with Gasteiger partial charge in [0, 0.05) is 36.5 Å². The van der Waals surface area contributed by atoms with E-state index in [0.717, 1.165) is 22.2 Å². The zero-order chi connectivity index (χ0) is 21.6. The van der Waals surface area contributed by atoms with E-state index in [2.05, 4.69) is 25.0 Å². The summed E-state index contributed by atoms with van der Waals surface area (Å²) in [5, 5.41) is 26.0. The van der Waals surface area contributed by atoms with Gasteiger partial charge in [-0.15, -0.1) is 0 Å². The van der Waals surface area contributed by atoms with Crippen LogP contribution in [0.3, 0.4) is 0 Å². The van der Waals surface area contributed by atoms with Gasteiger partial charge in [0.05, 0.1) is 34.4 Å². The van der Waals surface area contributed by atoms with E-state index < -0.39 is 5.60 Å². The molecule has 154 valence electrons. The second-order valence-electron chi connectivity index (χ2n) is 7.92. The van der Waals surface area contributed by atoms with Crippen molar-refractivity contribution in [2.45, 2.75) is 33.3 Å².